The van der Waals surface area contributed by atoms with Crippen LogP contribution in [-0.2, 0) is 22.4 Å². The zero-order chi connectivity index (χ0) is 28.8. The van der Waals surface area contributed by atoms with Gasteiger partial charge in [0.1, 0.15) is 10.8 Å². The first-order valence-electron chi connectivity index (χ1n) is 13.4. The highest BCUT2D eigenvalue weighted by molar-refractivity contribution is 8.00. The molecule has 1 aromatic heterocycles. The van der Waals surface area contributed by atoms with Crippen molar-refractivity contribution >= 4 is 51.6 Å². The van der Waals surface area contributed by atoms with E-state index >= 15 is 0 Å². The molecule has 0 spiro atoms. The number of amides is 2. The van der Waals surface area contributed by atoms with Gasteiger partial charge in [0.15, 0.2) is 0 Å². The van der Waals surface area contributed by atoms with E-state index in [9.17, 15) is 18.8 Å². The zero-order valence-electron chi connectivity index (χ0n) is 22.4. The number of hydrogen-bond acceptors (Lipinski definition) is 6. The number of carbonyl (C=O) groups is 3. The van der Waals surface area contributed by atoms with Gasteiger partial charge in [-0.2, -0.15) is 0 Å². The number of halogens is 1. The average molecular weight is 589 g/mol. The Hall–Kier alpha value is -3.95. The number of anilines is 2. The summed E-state index contributed by atoms with van der Waals surface area (Å²) in [4.78, 5) is 40.3. The van der Waals surface area contributed by atoms with E-state index in [1.807, 2.05) is 24.3 Å². The molecule has 0 fully saturated rings. The molecular formula is C32H29FN2O4S2. The fourth-order valence-electron chi connectivity index (χ4n) is 4.88. The lowest BCUT2D eigenvalue weighted by Gasteiger charge is -2.23. The van der Waals surface area contributed by atoms with Crippen LogP contribution in [-0.4, -0.2) is 30.1 Å². The highest BCUT2D eigenvalue weighted by Crippen LogP contribution is 2.43. The van der Waals surface area contributed by atoms with Crippen molar-refractivity contribution in [2.24, 2.45) is 0 Å². The standard InChI is InChI=1S/C32H29FN2O4S2/c1-2-39-32(38)29-26-16-13-22(20-7-4-3-5-8-20)17-27(26)41-31(29)35-28(36)19-40-25-10-6-9-24(18-25)34-30(37)21-11-14-23(33)15-12-21/h3-12,14-15,18,22H,2,13,16-17,19H2,1H3,(H,34,37)(H,35,36). The Morgan fingerprint density at radius 1 is 1.00 bits per heavy atom. The number of benzene rings is 3. The van der Waals surface area contributed by atoms with Gasteiger partial charge < -0.3 is 15.4 Å². The van der Waals surface area contributed by atoms with E-state index in [1.54, 1.807) is 25.1 Å². The number of nitrogens with one attached hydrogen (secondary N) is 2. The molecule has 0 radical (unpaired) electrons. The van der Waals surface area contributed by atoms with Crippen molar-refractivity contribution in [2.75, 3.05) is 23.0 Å². The van der Waals surface area contributed by atoms with Crippen LogP contribution in [0, 0.1) is 5.82 Å². The molecule has 0 aliphatic heterocycles. The SMILES string of the molecule is CCOC(=O)c1c(NC(=O)CSc2cccc(NC(=O)c3ccc(F)cc3)c2)sc2c1CCC(c1ccccc1)C2. The Labute approximate surface area is 246 Å². The summed E-state index contributed by atoms with van der Waals surface area (Å²) < 4.78 is 18.5. The van der Waals surface area contributed by atoms with Gasteiger partial charge in [0.2, 0.25) is 5.91 Å². The second kappa shape index (κ2) is 13.1. The summed E-state index contributed by atoms with van der Waals surface area (Å²) in [5.41, 5.74) is 3.64. The first kappa shape index (κ1) is 28.6. The summed E-state index contributed by atoms with van der Waals surface area (Å²) in [6, 6.07) is 22.8. The van der Waals surface area contributed by atoms with Crippen molar-refractivity contribution in [2.45, 2.75) is 37.0 Å². The van der Waals surface area contributed by atoms with Gasteiger partial charge in [-0.1, -0.05) is 36.4 Å². The maximum Gasteiger partial charge on any atom is 0.341 e. The van der Waals surface area contributed by atoms with Gasteiger partial charge in [-0.3, -0.25) is 9.59 Å². The van der Waals surface area contributed by atoms with Crippen molar-refractivity contribution in [3.05, 3.63) is 112 Å². The molecule has 1 unspecified atom stereocenters. The molecule has 0 saturated heterocycles. The summed E-state index contributed by atoms with van der Waals surface area (Å²) in [6.07, 6.45) is 2.50. The van der Waals surface area contributed by atoms with Gasteiger partial charge >= 0.3 is 5.97 Å². The zero-order valence-corrected chi connectivity index (χ0v) is 24.1. The van der Waals surface area contributed by atoms with E-state index in [-0.39, 0.29) is 24.2 Å². The second-order valence-electron chi connectivity index (χ2n) is 9.60. The molecule has 0 bridgehead atoms. The molecule has 2 N–H and O–H groups in total. The fraction of sp³-hybridized carbons (Fsp3) is 0.219. The summed E-state index contributed by atoms with van der Waals surface area (Å²) in [5.74, 6) is -0.922. The second-order valence-corrected chi connectivity index (χ2v) is 11.8. The van der Waals surface area contributed by atoms with Gasteiger partial charge in [0.05, 0.1) is 17.9 Å². The Morgan fingerprint density at radius 3 is 2.54 bits per heavy atom. The van der Waals surface area contributed by atoms with Crippen LogP contribution in [0.1, 0.15) is 56.0 Å². The number of carbonyl (C=O) groups excluding carboxylic acids is 3. The highest BCUT2D eigenvalue weighted by atomic mass is 32.2. The maximum absolute atomic E-state index is 13.2. The number of thiophene rings is 1. The molecule has 4 aromatic rings. The normalized spacial score (nSPS) is 14.1. The van der Waals surface area contributed by atoms with Gasteiger partial charge in [-0.15, -0.1) is 23.1 Å². The first-order chi connectivity index (χ1) is 19.9. The van der Waals surface area contributed by atoms with Crippen LogP contribution >= 0.6 is 23.1 Å². The summed E-state index contributed by atoms with van der Waals surface area (Å²) in [5, 5.41) is 6.29. The minimum Gasteiger partial charge on any atom is -0.462 e. The van der Waals surface area contributed by atoms with E-state index in [1.165, 1.54) is 52.9 Å². The third kappa shape index (κ3) is 7.04. The summed E-state index contributed by atoms with van der Waals surface area (Å²) in [6.45, 7) is 2.03. The van der Waals surface area contributed by atoms with E-state index in [0.717, 1.165) is 34.6 Å². The topological polar surface area (TPSA) is 84.5 Å². The summed E-state index contributed by atoms with van der Waals surface area (Å²) >= 11 is 2.78. The van der Waals surface area contributed by atoms with Crippen LogP contribution < -0.4 is 10.6 Å². The quantitative estimate of drug-likeness (QED) is 0.158. The van der Waals surface area contributed by atoms with Crippen LogP contribution in [0.5, 0.6) is 0 Å². The van der Waals surface area contributed by atoms with Crippen LogP contribution in [0.4, 0.5) is 15.1 Å². The minimum absolute atomic E-state index is 0.118. The fourth-order valence-corrected chi connectivity index (χ4v) is 6.97. The monoisotopic (exact) mass is 588 g/mol. The van der Waals surface area contributed by atoms with Gasteiger partial charge in [-0.25, -0.2) is 9.18 Å². The predicted octanol–water partition coefficient (Wildman–Crippen LogP) is 7.32. The lowest BCUT2D eigenvalue weighted by Crippen LogP contribution is -2.18. The molecule has 1 aliphatic carbocycles. The number of hydrogen-bond donors (Lipinski definition) is 2. The van der Waals surface area contributed by atoms with Gasteiger partial charge in [-0.05, 0) is 85.7 Å². The Balaban J connectivity index is 1.25. The molecule has 9 heteroatoms. The third-order valence-corrected chi connectivity index (χ3v) is 9.00. The number of thioether (sulfide) groups is 1. The van der Waals surface area contributed by atoms with E-state index < -0.39 is 11.8 Å². The Morgan fingerprint density at radius 2 is 1.78 bits per heavy atom. The van der Waals surface area contributed by atoms with Crippen LogP contribution in [0.25, 0.3) is 0 Å². The molecule has 5 rings (SSSR count). The van der Waals surface area contributed by atoms with Crippen molar-refractivity contribution in [3.63, 3.8) is 0 Å². The number of esters is 1. The Kier molecular flexibility index (Phi) is 9.16. The molecule has 2 amide bonds. The molecule has 1 heterocycles. The maximum atomic E-state index is 13.2. The number of fused-ring (bicyclic) bond motifs is 1. The molecule has 210 valence electrons. The third-order valence-electron chi connectivity index (χ3n) is 6.84. The molecular weight excluding hydrogens is 559 g/mol. The predicted molar refractivity (Wildman–Crippen MR) is 162 cm³/mol. The van der Waals surface area contributed by atoms with Crippen molar-refractivity contribution in [3.8, 4) is 0 Å². The average Bonchev–Trinajstić information content (AvgIpc) is 3.34. The largest absolute Gasteiger partial charge is 0.462 e. The first-order valence-corrected chi connectivity index (χ1v) is 15.2. The smallest absolute Gasteiger partial charge is 0.341 e. The number of ether oxygens (including phenoxy) is 1. The number of rotatable bonds is 9. The van der Waals surface area contributed by atoms with E-state index in [4.69, 9.17) is 4.74 Å². The van der Waals surface area contributed by atoms with E-state index in [0.29, 0.717) is 27.7 Å². The van der Waals surface area contributed by atoms with Crippen molar-refractivity contribution < 1.29 is 23.5 Å². The molecule has 41 heavy (non-hydrogen) atoms. The Bertz CT molecular complexity index is 1550. The van der Waals surface area contributed by atoms with Crippen LogP contribution in [0.3, 0.4) is 0 Å². The molecule has 1 aliphatic rings. The molecule has 1 atom stereocenters. The molecule has 6 nitrogen and oxygen atoms in total. The molecule has 0 saturated carbocycles. The highest BCUT2D eigenvalue weighted by Gasteiger charge is 2.30. The van der Waals surface area contributed by atoms with Gasteiger partial charge in [0, 0.05) is 21.0 Å². The lowest BCUT2D eigenvalue weighted by molar-refractivity contribution is -0.113. The van der Waals surface area contributed by atoms with E-state index in [2.05, 4.69) is 22.8 Å². The minimum atomic E-state index is -0.410. The van der Waals surface area contributed by atoms with Crippen LogP contribution in [0.15, 0.2) is 83.8 Å². The lowest BCUT2D eigenvalue weighted by atomic mass is 9.83. The summed E-state index contributed by atoms with van der Waals surface area (Å²) in [7, 11) is 0. The van der Waals surface area contributed by atoms with Crippen LogP contribution in [0.2, 0.25) is 0 Å². The van der Waals surface area contributed by atoms with Crippen molar-refractivity contribution in [1.29, 1.82) is 0 Å². The van der Waals surface area contributed by atoms with Gasteiger partial charge in [0.25, 0.3) is 5.91 Å². The van der Waals surface area contributed by atoms with Crippen molar-refractivity contribution in [1.82, 2.24) is 0 Å². The molecule has 3 aromatic carbocycles.